The third-order valence-corrected chi connectivity index (χ3v) is 3.13. The molecule has 2 fully saturated rings. The Hall–Kier alpha value is -0.900. The molecule has 1 aromatic heterocycles. The molecule has 3 rings (SSSR count). The molecule has 0 bridgehead atoms. The molecular weight excluding hydrogens is 166 g/mol. The van der Waals surface area contributed by atoms with E-state index in [-0.39, 0.29) is 5.54 Å². The van der Waals surface area contributed by atoms with Crippen molar-refractivity contribution in [3.63, 3.8) is 0 Å². The van der Waals surface area contributed by atoms with Crippen LogP contribution in [0.2, 0.25) is 0 Å². The number of rotatable bonds is 2. The van der Waals surface area contributed by atoms with Crippen molar-refractivity contribution >= 4 is 0 Å². The number of hydrogen-bond acceptors (Lipinski definition) is 4. The van der Waals surface area contributed by atoms with Gasteiger partial charge in [0.15, 0.2) is 5.82 Å². The first-order valence-corrected chi connectivity index (χ1v) is 4.91. The van der Waals surface area contributed by atoms with Crippen molar-refractivity contribution in [2.24, 2.45) is 5.73 Å². The molecule has 0 amide bonds. The Morgan fingerprint density at radius 1 is 1.38 bits per heavy atom. The van der Waals surface area contributed by atoms with Crippen LogP contribution in [0.3, 0.4) is 0 Å². The van der Waals surface area contributed by atoms with E-state index in [0.29, 0.717) is 11.8 Å². The summed E-state index contributed by atoms with van der Waals surface area (Å²) in [5.74, 6) is 2.06. The van der Waals surface area contributed by atoms with Crippen molar-refractivity contribution in [3.8, 4) is 0 Å². The van der Waals surface area contributed by atoms with E-state index < -0.39 is 0 Å². The molecule has 2 N–H and O–H groups in total. The minimum atomic E-state index is -0.269. The molecule has 0 saturated heterocycles. The fourth-order valence-corrected chi connectivity index (χ4v) is 1.62. The summed E-state index contributed by atoms with van der Waals surface area (Å²) < 4.78 is 5.16. The van der Waals surface area contributed by atoms with Crippen molar-refractivity contribution < 1.29 is 4.52 Å². The minimum Gasteiger partial charge on any atom is -0.337 e. The molecule has 0 unspecified atom stereocenters. The van der Waals surface area contributed by atoms with Gasteiger partial charge >= 0.3 is 0 Å². The quantitative estimate of drug-likeness (QED) is 0.742. The molecule has 0 aliphatic heterocycles. The zero-order valence-corrected chi connectivity index (χ0v) is 7.49. The SMILES string of the molecule is NC1(c2nc(C3CCC3)no2)CC1. The molecule has 1 heterocycles. The number of hydrogen-bond donors (Lipinski definition) is 1. The number of nitrogens with zero attached hydrogens (tertiary/aromatic N) is 2. The maximum Gasteiger partial charge on any atom is 0.246 e. The lowest BCUT2D eigenvalue weighted by Gasteiger charge is -2.20. The molecular formula is C9H13N3O. The van der Waals surface area contributed by atoms with Gasteiger partial charge in [-0.3, -0.25) is 0 Å². The van der Waals surface area contributed by atoms with E-state index in [0.717, 1.165) is 18.7 Å². The molecule has 4 heteroatoms. The van der Waals surface area contributed by atoms with E-state index in [2.05, 4.69) is 10.1 Å². The molecule has 13 heavy (non-hydrogen) atoms. The lowest BCUT2D eigenvalue weighted by molar-refractivity contribution is 0.330. The molecule has 0 atom stereocenters. The van der Waals surface area contributed by atoms with Crippen LogP contribution in [0.4, 0.5) is 0 Å². The maximum atomic E-state index is 5.94. The van der Waals surface area contributed by atoms with E-state index in [1.807, 2.05) is 0 Å². The molecule has 2 saturated carbocycles. The van der Waals surface area contributed by atoms with Crippen LogP contribution in [0, 0.1) is 0 Å². The average molecular weight is 179 g/mol. The van der Waals surface area contributed by atoms with Crippen LogP contribution in [0.1, 0.15) is 49.7 Å². The molecule has 0 aromatic carbocycles. The summed E-state index contributed by atoms with van der Waals surface area (Å²) in [5.41, 5.74) is 5.68. The smallest absolute Gasteiger partial charge is 0.246 e. The van der Waals surface area contributed by atoms with E-state index >= 15 is 0 Å². The Morgan fingerprint density at radius 3 is 2.69 bits per heavy atom. The van der Waals surface area contributed by atoms with Crippen molar-refractivity contribution in [1.82, 2.24) is 10.1 Å². The van der Waals surface area contributed by atoms with Gasteiger partial charge < -0.3 is 10.3 Å². The van der Waals surface area contributed by atoms with Crippen LogP contribution < -0.4 is 5.73 Å². The molecule has 2 aliphatic carbocycles. The number of aromatic nitrogens is 2. The lowest BCUT2D eigenvalue weighted by atomic mass is 9.85. The first kappa shape index (κ1) is 7.50. The zero-order valence-electron chi connectivity index (χ0n) is 7.49. The highest BCUT2D eigenvalue weighted by Gasteiger charge is 2.46. The van der Waals surface area contributed by atoms with Gasteiger partial charge in [0.2, 0.25) is 5.89 Å². The second-order valence-electron chi connectivity index (χ2n) is 4.24. The molecule has 70 valence electrons. The maximum absolute atomic E-state index is 5.94. The van der Waals surface area contributed by atoms with Gasteiger partial charge in [0.05, 0.1) is 5.54 Å². The molecule has 2 aliphatic rings. The first-order chi connectivity index (χ1) is 6.28. The highest BCUT2D eigenvalue weighted by atomic mass is 16.5. The Bertz CT molecular complexity index is 325. The minimum absolute atomic E-state index is 0.269. The fraction of sp³-hybridized carbons (Fsp3) is 0.778. The first-order valence-electron chi connectivity index (χ1n) is 4.91. The monoisotopic (exact) mass is 179 g/mol. The summed E-state index contributed by atoms with van der Waals surface area (Å²) in [5, 5.41) is 3.98. The van der Waals surface area contributed by atoms with Gasteiger partial charge in [-0.1, -0.05) is 11.6 Å². The zero-order chi connectivity index (χ0) is 8.89. The van der Waals surface area contributed by atoms with Gasteiger partial charge in [0.1, 0.15) is 0 Å². The van der Waals surface area contributed by atoms with Crippen molar-refractivity contribution in [3.05, 3.63) is 11.7 Å². The average Bonchev–Trinajstić information content (AvgIpc) is 2.61. The van der Waals surface area contributed by atoms with Crippen LogP contribution in [-0.4, -0.2) is 10.1 Å². The van der Waals surface area contributed by atoms with Gasteiger partial charge in [-0.2, -0.15) is 4.98 Å². The van der Waals surface area contributed by atoms with Crippen molar-refractivity contribution in [1.29, 1.82) is 0 Å². The summed E-state index contributed by atoms with van der Waals surface area (Å²) in [4.78, 5) is 4.36. The normalized spacial score (nSPS) is 25.6. The predicted octanol–water partition coefficient (Wildman–Crippen LogP) is 1.28. The largest absolute Gasteiger partial charge is 0.337 e. The summed E-state index contributed by atoms with van der Waals surface area (Å²) >= 11 is 0. The van der Waals surface area contributed by atoms with Gasteiger partial charge in [-0.25, -0.2) is 0 Å². The van der Waals surface area contributed by atoms with Crippen molar-refractivity contribution in [2.45, 2.75) is 43.6 Å². The Kier molecular flexibility index (Phi) is 1.34. The van der Waals surface area contributed by atoms with Gasteiger partial charge in [-0.15, -0.1) is 0 Å². The summed E-state index contributed by atoms with van der Waals surface area (Å²) in [6, 6.07) is 0. The topological polar surface area (TPSA) is 64.9 Å². The molecule has 1 aromatic rings. The molecule has 0 radical (unpaired) electrons. The number of nitrogens with two attached hydrogens (primary N) is 1. The summed E-state index contributed by atoms with van der Waals surface area (Å²) in [6.07, 6.45) is 5.67. The lowest BCUT2D eigenvalue weighted by Crippen LogP contribution is -2.19. The Balaban J connectivity index is 1.85. The Labute approximate surface area is 76.5 Å². The third-order valence-electron chi connectivity index (χ3n) is 3.13. The van der Waals surface area contributed by atoms with E-state index in [4.69, 9.17) is 10.3 Å². The van der Waals surface area contributed by atoms with Crippen LogP contribution >= 0.6 is 0 Å². The third kappa shape index (κ3) is 1.09. The second kappa shape index (κ2) is 2.32. The standard InChI is InChI=1S/C9H13N3O/c10-9(4-5-9)8-11-7(12-13-8)6-2-1-3-6/h6H,1-5,10H2. The van der Waals surface area contributed by atoms with Crippen LogP contribution in [0.25, 0.3) is 0 Å². The molecule has 4 nitrogen and oxygen atoms in total. The highest BCUT2D eigenvalue weighted by Crippen LogP contribution is 2.43. The van der Waals surface area contributed by atoms with Crippen LogP contribution in [0.15, 0.2) is 4.52 Å². The second-order valence-corrected chi connectivity index (χ2v) is 4.24. The van der Waals surface area contributed by atoms with E-state index in [1.165, 1.54) is 19.3 Å². The molecule has 0 spiro atoms. The van der Waals surface area contributed by atoms with Crippen LogP contribution in [0.5, 0.6) is 0 Å². The van der Waals surface area contributed by atoms with E-state index in [9.17, 15) is 0 Å². The van der Waals surface area contributed by atoms with Gasteiger partial charge in [0.25, 0.3) is 0 Å². The van der Waals surface area contributed by atoms with Gasteiger partial charge in [0, 0.05) is 5.92 Å². The van der Waals surface area contributed by atoms with E-state index in [1.54, 1.807) is 0 Å². The summed E-state index contributed by atoms with van der Waals surface area (Å²) in [6.45, 7) is 0. The van der Waals surface area contributed by atoms with Gasteiger partial charge in [-0.05, 0) is 25.7 Å². The summed E-state index contributed by atoms with van der Waals surface area (Å²) in [7, 11) is 0. The van der Waals surface area contributed by atoms with Crippen molar-refractivity contribution in [2.75, 3.05) is 0 Å². The highest BCUT2D eigenvalue weighted by molar-refractivity contribution is 5.13. The fourth-order valence-electron chi connectivity index (χ4n) is 1.62. The Morgan fingerprint density at radius 2 is 2.15 bits per heavy atom. The van der Waals surface area contributed by atoms with Crippen LogP contribution in [-0.2, 0) is 5.54 Å². The predicted molar refractivity (Wildman–Crippen MR) is 46.0 cm³/mol.